The Labute approximate surface area is 285 Å². The van der Waals surface area contributed by atoms with Gasteiger partial charge in [0.2, 0.25) is 17.7 Å². The van der Waals surface area contributed by atoms with Crippen LogP contribution in [0.2, 0.25) is 0 Å². The first-order valence-corrected chi connectivity index (χ1v) is 16.7. The molecule has 0 atom stereocenters. The summed E-state index contributed by atoms with van der Waals surface area (Å²) in [5.41, 5.74) is -3.87. The fraction of sp³-hybridized carbons (Fsp3) is 0.500. The molecule has 0 saturated carbocycles. The minimum Gasteiger partial charge on any atom is -0.382 e. The van der Waals surface area contributed by atoms with Crippen molar-refractivity contribution in [2.75, 3.05) is 59.3 Å². The lowest BCUT2D eigenvalue weighted by molar-refractivity contribution is -0.163. The topological polar surface area (TPSA) is 82.2 Å². The number of piperidine rings is 2. The van der Waals surface area contributed by atoms with Gasteiger partial charge in [0.05, 0.1) is 11.1 Å². The smallest absolute Gasteiger partial charge is 0.382 e. The van der Waals surface area contributed by atoms with Crippen molar-refractivity contribution >= 4 is 41.2 Å². The van der Waals surface area contributed by atoms with Crippen molar-refractivity contribution in [2.45, 2.75) is 60.3 Å². The lowest BCUT2D eigenvalue weighted by Crippen LogP contribution is -2.43. The molecule has 2 saturated heterocycles. The van der Waals surface area contributed by atoms with Crippen molar-refractivity contribution in [3.63, 3.8) is 0 Å². The summed E-state index contributed by atoms with van der Waals surface area (Å²) in [6.07, 6.45) is -6.41. The molecule has 2 heterocycles. The van der Waals surface area contributed by atoms with Gasteiger partial charge in [-0.05, 0) is 67.5 Å². The van der Waals surface area contributed by atoms with Gasteiger partial charge in [-0.3, -0.25) is 14.4 Å². The number of anilines is 1. The van der Waals surface area contributed by atoms with Gasteiger partial charge in [0.1, 0.15) is 6.61 Å². The van der Waals surface area contributed by atoms with E-state index in [0.29, 0.717) is 67.5 Å². The Bertz CT molecular complexity index is 1510. The number of carbonyl (C=O) groups is 3. The number of likely N-dealkylation sites (tertiary alicyclic amines) is 2. The van der Waals surface area contributed by atoms with Crippen LogP contribution in [0.3, 0.4) is 0 Å². The Kier molecular flexibility index (Phi) is 12.7. The summed E-state index contributed by atoms with van der Waals surface area (Å²) < 4.78 is 91.3. The molecular formula is C34H40F6N4O4S. The molecule has 0 spiro atoms. The fourth-order valence-electron chi connectivity index (χ4n) is 5.96. The minimum absolute atomic E-state index is 0.00971. The van der Waals surface area contributed by atoms with Crippen molar-refractivity contribution in [1.82, 2.24) is 14.7 Å². The Morgan fingerprint density at radius 1 is 0.918 bits per heavy atom. The maximum absolute atomic E-state index is 14.4. The molecule has 2 aliphatic heterocycles. The number of hydrogen-bond acceptors (Lipinski definition) is 6. The number of alkyl halides is 6. The minimum atomic E-state index is -5.37. The molecule has 2 aliphatic rings. The zero-order valence-electron chi connectivity index (χ0n) is 27.5. The van der Waals surface area contributed by atoms with Crippen LogP contribution < -0.4 is 5.32 Å². The molecule has 1 N–H and O–H groups in total. The molecule has 8 nitrogen and oxygen atoms in total. The highest BCUT2D eigenvalue weighted by Crippen LogP contribution is 2.48. The summed E-state index contributed by atoms with van der Waals surface area (Å²) >= 11 is 0.566. The third-order valence-corrected chi connectivity index (χ3v) is 9.66. The van der Waals surface area contributed by atoms with Crippen LogP contribution in [0, 0.1) is 5.92 Å². The number of amides is 3. The Morgan fingerprint density at radius 3 is 2.14 bits per heavy atom. The first-order valence-electron chi connectivity index (χ1n) is 15.9. The lowest BCUT2D eigenvalue weighted by Gasteiger charge is -2.32. The molecule has 2 aromatic rings. The summed E-state index contributed by atoms with van der Waals surface area (Å²) in [6.45, 7) is 1.57. The van der Waals surface area contributed by atoms with E-state index in [1.165, 1.54) is 23.0 Å². The number of halogens is 6. The predicted octanol–water partition coefficient (Wildman–Crippen LogP) is 6.65. The maximum atomic E-state index is 14.4. The zero-order valence-corrected chi connectivity index (χ0v) is 28.3. The predicted molar refractivity (Wildman–Crippen MR) is 174 cm³/mol. The second kappa shape index (κ2) is 16.3. The first kappa shape index (κ1) is 38.1. The van der Waals surface area contributed by atoms with Crippen LogP contribution >= 0.6 is 11.8 Å². The van der Waals surface area contributed by atoms with Crippen molar-refractivity contribution in [3.8, 4) is 0 Å². The number of carbonyl (C=O) groups excluding carboxylic acids is 3. The lowest BCUT2D eigenvalue weighted by atomic mass is 9.93. The van der Waals surface area contributed by atoms with E-state index in [0.717, 1.165) is 24.3 Å². The van der Waals surface area contributed by atoms with Gasteiger partial charge in [-0.25, -0.2) is 0 Å². The fourth-order valence-corrected chi connectivity index (χ4v) is 7.01. The van der Waals surface area contributed by atoms with Gasteiger partial charge >= 0.3 is 12.4 Å². The molecule has 2 fully saturated rings. The van der Waals surface area contributed by atoms with Crippen LogP contribution in [0.1, 0.15) is 48.8 Å². The number of hydrogen-bond donors (Lipinski definition) is 1. The average Bonchev–Trinajstić information content (AvgIpc) is 3.03. The number of methoxy groups -OCH3 is 1. The largest absolute Gasteiger partial charge is 0.418 e. The number of benzene rings is 2. The molecule has 0 unspecified atom stereocenters. The number of ether oxygens (including phenoxy) is 1. The third-order valence-electron chi connectivity index (χ3n) is 8.61. The molecular weight excluding hydrogens is 674 g/mol. The van der Waals surface area contributed by atoms with Gasteiger partial charge in [-0.1, -0.05) is 23.9 Å². The number of nitrogens with zero attached hydrogens (tertiary/aromatic N) is 3. The Hall–Kier alpha value is -3.72. The first-order chi connectivity index (χ1) is 23.1. The van der Waals surface area contributed by atoms with Crippen LogP contribution in [0.4, 0.5) is 32.0 Å². The van der Waals surface area contributed by atoms with Gasteiger partial charge in [0, 0.05) is 81.4 Å². The van der Waals surface area contributed by atoms with Gasteiger partial charge in [0.15, 0.2) is 0 Å². The van der Waals surface area contributed by atoms with Gasteiger partial charge in [0.25, 0.3) is 0 Å². The summed E-state index contributed by atoms with van der Waals surface area (Å²) in [7, 11) is 4.74. The van der Waals surface area contributed by atoms with Crippen molar-refractivity contribution < 1.29 is 45.5 Å². The molecule has 49 heavy (non-hydrogen) atoms. The van der Waals surface area contributed by atoms with E-state index in [1.54, 1.807) is 37.2 Å². The Balaban J connectivity index is 1.50. The highest BCUT2D eigenvalue weighted by Gasteiger charge is 2.46. The highest BCUT2D eigenvalue weighted by molar-refractivity contribution is 7.99. The SMILES string of the molecule is COCC(=O)N1CCC(Nc2cccc(Sc3ccc(/C=C/C(=O)N4CCC(CC(=O)N(C)C)CC4)c(C(F)(F)F)c3C(F)(F)F)c2)CC1. The summed E-state index contributed by atoms with van der Waals surface area (Å²) in [6, 6.07) is 8.34. The van der Waals surface area contributed by atoms with Crippen LogP contribution in [0.15, 0.2) is 52.3 Å². The normalized spacial score (nSPS) is 16.7. The van der Waals surface area contributed by atoms with Gasteiger partial charge < -0.3 is 24.8 Å². The monoisotopic (exact) mass is 714 g/mol. The summed E-state index contributed by atoms with van der Waals surface area (Å²) in [4.78, 5) is 41.2. The van der Waals surface area contributed by atoms with Crippen LogP contribution in [0.5, 0.6) is 0 Å². The van der Waals surface area contributed by atoms with E-state index in [-0.39, 0.29) is 43.5 Å². The van der Waals surface area contributed by atoms with E-state index in [2.05, 4.69) is 5.32 Å². The molecule has 0 aliphatic carbocycles. The third kappa shape index (κ3) is 10.4. The van der Waals surface area contributed by atoms with Crippen molar-refractivity contribution in [3.05, 3.63) is 59.2 Å². The number of rotatable bonds is 10. The zero-order chi connectivity index (χ0) is 35.9. The molecule has 15 heteroatoms. The maximum Gasteiger partial charge on any atom is 0.418 e. The van der Waals surface area contributed by atoms with Crippen molar-refractivity contribution in [2.24, 2.45) is 5.92 Å². The summed E-state index contributed by atoms with van der Waals surface area (Å²) in [5.74, 6) is -0.709. The molecule has 3 amide bonds. The van der Waals surface area contributed by atoms with E-state index < -0.39 is 39.8 Å². The van der Waals surface area contributed by atoms with E-state index in [4.69, 9.17) is 4.74 Å². The molecule has 0 aromatic heterocycles. The van der Waals surface area contributed by atoms with Crippen LogP contribution in [-0.4, -0.2) is 92.5 Å². The Morgan fingerprint density at radius 2 is 1.55 bits per heavy atom. The highest BCUT2D eigenvalue weighted by atomic mass is 32.2. The van der Waals surface area contributed by atoms with Gasteiger partial charge in [-0.2, -0.15) is 26.3 Å². The van der Waals surface area contributed by atoms with Crippen LogP contribution in [-0.2, 0) is 31.5 Å². The molecule has 4 rings (SSSR count). The molecule has 0 radical (unpaired) electrons. The molecule has 2 aromatic carbocycles. The summed E-state index contributed by atoms with van der Waals surface area (Å²) in [5, 5.41) is 3.31. The standard InChI is InChI=1S/C34H40F6N4O4S/c1-42(2)29(46)19-22-11-15-43(16-12-22)28(45)10-8-23-7-9-27(32(34(38,39)40)31(23)33(35,36)37)49-26-6-4-5-25(20-26)41-24-13-17-44(18-14-24)30(47)21-48-3/h4-10,20,22,24,41H,11-19,21H2,1-3H3/b10-8+. The number of nitrogens with one attached hydrogen (secondary N) is 1. The molecule has 268 valence electrons. The van der Waals surface area contributed by atoms with E-state index in [9.17, 15) is 40.7 Å². The van der Waals surface area contributed by atoms with Crippen molar-refractivity contribution in [1.29, 1.82) is 0 Å². The van der Waals surface area contributed by atoms with Gasteiger partial charge in [-0.15, -0.1) is 0 Å². The quantitative estimate of drug-likeness (QED) is 0.219. The van der Waals surface area contributed by atoms with E-state index >= 15 is 0 Å². The molecule has 0 bridgehead atoms. The second-order valence-corrected chi connectivity index (χ2v) is 13.5. The van der Waals surface area contributed by atoms with E-state index in [1.807, 2.05) is 0 Å². The van der Waals surface area contributed by atoms with Crippen LogP contribution in [0.25, 0.3) is 6.08 Å². The second-order valence-electron chi connectivity index (χ2n) is 12.4. The average molecular weight is 715 g/mol.